The van der Waals surface area contributed by atoms with E-state index in [1.54, 1.807) is 13.3 Å². The summed E-state index contributed by atoms with van der Waals surface area (Å²) in [5.74, 6) is 0.702. The molecule has 2 rings (SSSR count). The van der Waals surface area contributed by atoms with Gasteiger partial charge < -0.3 is 15.2 Å². The summed E-state index contributed by atoms with van der Waals surface area (Å²) < 4.78 is 5.22. The van der Waals surface area contributed by atoms with Gasteiger partial charge in [0.05, 0.1) is 13.5 Å². The minimum absolute atomic E-state index is 0.0854. The van der Waals surface area contributed by atoms with E-state index in [0.29, 0.717) is 0 Å². The van der Waals surface area contributed by atoms with Gasteiger partial charge >= 0.3 is 5.97 Å². The van der Waals surface area contributed by atoms with Crippen molar-refractivity contribution in [2.24, 2.45) is 0 Å². The van der Waals surface area contributed by atoms with E-state index in [2.05, 4.69) is 10.3 Å². The third-order valence-electron chi connectivity index (χ3n) is 3.37. The maximum absolute atomic E-state index is 10.9. The third kappa shape index (κ3) is 3.84. The van der Waals surface area contributed by atoms with Crippen LogP contribution in [0.3, 0.4) is 0 Å². The molecule has 0 aliphatic rings. The van der Waals surface area contributed by atoms with Crippen molar-refractivity contribution >= 4 is 22.6 Å². The summed E-state index contributed by atoms with van der Waals surface area (Å²) in [7, 11) is 1.63. The minimum atomic E-state index is -0.803. The molecule has 1 aromatic heterocycles. The second-order valence-corrected chi connectivity index (χ2v) is 4.97. The number of nitrogens with one attached hydrogen (secondary N) is 1. The van der Waals surface area contributed by atoms with Gasteiger partial charge in [-0.1, -0.05) is 13.3 Å². The molecule has 0 aliphatic heterocycles. The van der Waals surface area contributed by atoms with Crippen LogP contribution < -0.4 is 10.1 Å². The molecule has 2 N–H and O–H groups in total. The quantitative estimate of drug-likeness (QED) is 0.818. The summed E-state index contributed by atoms with van der Waals surface area (Å²) >= 11 is 0. The zero-order valence-electron chi connectivity index (χ0n) is 12.3. The van der Waals surface area contributed by atoms with Crippen LogP contribution in [0.4, 0.5) is 5.82 Å². The number of ether oxygens (including phenoxy) is 1. The highest BCUT2D eigenvalue weighted by Gasteiger charge is 2.14. The van der Waals surface area contributed by atoms with E-state index in [0.717, 1.165) is 35.2 Å². The number of benzene rings is 1. The van der Waals surface area contributed by atoms with Crippen molar-refractivity contribution in [3.8, 4) is 5.75 Å². The van der Waals surface area contributed by atoms with Gasteiger partial charge in [0.15, 0.2) is 0 Å². The summed E-state index contributed by atoms with van der Waals surface area (Å²) in [4.78, 5) is 15.3. The number of methoxy groups -OCH3 is 1. The standard InChI is InChI=1S/C16H20N2O3/c1-3-4-12(10-15(19)20)18-16-14-6-5-13(21-2)9-11(14)7-8-17-16/h5-9,12H,3-4,10H2,1-2H3,(H,17,18)(H,19,20). The molecule has 1 atom stereocenters. The fraction of sp³-hybridized carbons (Fsp3) is 0.375. The van der Waals surface area contributed by atoms with Gasteiger partial charge in [-0.2, -0.15) is 0 Å². The molecular weight excluding hydrogens is 268 g/mol. The average molecular weight is 288 g/mol. The van der Waals surface area contributed by atoms with E-state index in [4.69, 9.17) is 9.84 Å². The highest BCUT2D eigenvalue weighted by molar-refractivity contribution is 5.92. The van der Waals surface area contributed by atoms with Crippen LogP contribution in [0.1, 0.15) is 26.2 Å². The number of aromatic nitrogens is 1. The first kappa shape index (κ1) is 15.1. The summed E-state index contributed by atoms with van der Waals surface area (Å²) in [6, 6.07) is 7.55. The lowest BCUT2D eigenvalue weighted by Crippen LogP contribution is -2.23. The van der Waals surface area contributed by atoms with E-state index in [9.17, 15) is 4.79 Å². The summed E-state index contributed by atoms with van der Waals surface area (Å²) in [5, 5.41) is 14.2. The van der Waals surface area contributed by atoms with Gasteiger partial charge in [-0.3, -0.25) is 4.79 Å². The van der Waals surface area contributed by atoms with Crippen molar-refractivity contribution < 1.29 is 14.6 Å². The Morgan fingerprint density at radius 1 is 1.43 bits per heavy atom. The number of carboxylic acids is 1. The van der Waals surface area contributed by atoms with Crippen LogP contribution in [0.15, 0.2) is 30.5 Å². The minimum Gasteiger partial charge on any atom is -0.497 e. The normalized spacial score (nSPS) is 12.1. The monoisotopic (exact) mass is 288 g/mol. The van der Waals surface area contributed by atoms with Crippen molar-refractivity contribution in [1.29, 1.82) is 0 Å². The molecule has 0 fully saturated rings. The van der Waals surface area contributed by atoms with Gasteiger partial charge in [0.1, 0.15) is 11.6 Å². The second-order valence-electron chi connectivity index (χ2n) is 4.97. The Hall–Kier alpha value is -2.30. The van der Waals surface area contributed by atoms with Crippen LogP contribution in [0.5, 0.6) is 5.75 Å². The fourth-order valence-corrected chi connectivity index (χ4v) is 2.38. The van der Waals surface area contributed by atoms with Gasteiger partial charge in [0.25, 0.3) is 0 Å². The highest BCUT2D eigenvalue weighted by Crippen LogP contribution is 2.26. The molecule has 1 unspecified atom stereocenters. The lowest BCUT2D eigenvalue weighted by Gasteiger charge is -2.18. The maximum Gasteiger partial charge on any atom is 0.305 e. The highest BCUT2D eigenvalue weighted by atomic mass is 16.5. The Morgan fingerprint density at radius 3 is 2.90 bits per heavy atom. The molecule has 21 heavy (non-hydrogen) atoms. The van der Waals surface area contributed by atoms with E-state index >= 15 is 0 Å². The van der Waals surface area contributed by atoms with Crippen molar-refractivity contribution in [1.82, 2.24) is 4.98 Å². The fourth-order valence-electron chi connectivity index (χ4n) is 2.38. The number of rotatable bonds is 7. The van der Waals surface area contributed by atoms with Crippen molar-refractivity contribution in [2.45, 2.75) is 32.2 Å². The Balaban J connectivity index is 2.29. The molecule has 2 aromatic rings. The number of aliphatic carboxylic acids is 1. The van der Waals surface area contributed by atoms with Gasteiger partial charge in [0, 0.05) is 17.6 Å². The first-order valence-corrected chi connectivity index (χ1v) is 7.05. The number of nitrogens with zero attached hydrogens (tertiary/aromatic N) is 1. The number of hydrogen-bond donors (Lipinski definition) is 2. The number of pyridine rings is 1. The SMILES string of the molecule is CCCC(CC(=O)O)Nc1nccc2cc(OC)ccc12. The van der Waals surface area contributed by atoms with Gasteiger partial charge in [0.2, 0.25) is 0 Å². The third-order valence-corrected chi connectivity index (χ3v) is 3.37. The van der Waals surface area contributed by atoms with E-state index in [1.807, 2.05) is 31.2 Å². The molecule has 1 aromatic carbocycles. The van der Waals surface area contributed by atoms with Crippen LogP contribution in [0.25, 0.3) is 10.8 Å². The van der Waals surface area contributed by atoms with Crippen molar-refractivity contribution in [2.75, 3.05) is 12.4 Å². The lowest BCUT2D eigenvalue weighted by atomic mass is 10.1. The Kier molecular flexibility index (Phi) is 4.98. The van der Waals surface area contributed by atoms with Gasteiger partial charge in [-0.05, 0) is 36.1 Å². The lowest BCUT2D eigenvalue weighted by molar-refractivity contribution is -0.137. The zero-order chi connectivity index (χ0) is 15.2. The largest absolute Gasteiger partial charge is 0.497 e. The smallest absolute Gasteiger partial charge is 0.305 e. The molecule has 0 saturated heterocycles. The summed E-state index contributed by atoms with van der Waals surface area (Å²) in [6.45, 7) is 2.04. The molecule has 0 radical (unpaired) electrons. The number of anilines is 1. The molecule has 112 valence electrons. The number of carbonyl (C=O) groups is 1. The molecule has 1 heterocycles. The molecule has 5 nitrogen and oxygen atoms in total. The predicted molar refractivity (Wildman–Crippen MR) is 82.9 cm³/mol. The summed E-state index contributed by atoms with van der Waals surface area (Å²) in [6.07, 6.45) is 3.51. The molecule has 0 spiro atoms. The number of carboxylic acid groups (broad SMARTS) is 1. The van der Waals surface area contributed by atoms with E-state index < -0.39 is 5.97 Å². The summed E-state index contributed by atoms with van der Waals surface area (Å²) in [5.41, 5.74) is 0. The first-order chi connectivity index (χ1) is 10.1. The van der Waals surface area contributed by atoms with Crippen LogP contribution in [-0.2, 0) is 4.79 Å². The molecular formula is C16H20N2O3. The van der Waals surface area contributed by atoms with Crippen molar-refractivity contribution in [3.63, 3.8) is 0 Å². The van der Waals surface area contributed by atoms with E-state index in [1.165, 1.54) is 0 Å². The predicted octanol–water partition coefficient (Wildman–Crippen LogP) is 3.30. The molecule has 0 aliphatic carbocycles. The maximum atomic E-state index is 10.9. The van der Waals surface area contributed by atoms with Crippen LogP contribution in [0.2, 0.25) is 0 Å². The molecule has 0 bridgehead atoms. The van der Waals surface area contributed by atoms with Gasteiger partial charge in [-0.25, -0.2) is 4.98 Å². The molecule has 0 amide bonds. The number of hydrogen-bond acceptors (Lipinski definition) is 4. The first-order valence-electron chi connectivity index (χ1n) is 7.05. The van der Waals surface area contributed by atoms with Crippen LogP contribution in [-0.4, -0.2) is 29.2 Å². The molecule has 5 heteroatoms. The van der Waals surface area contributed by atoms with Crippen LogP contribution >= 0.6 is 0 Å². The average Bonchev–Trinajstić information content (AvgIpc) is 2.46. The Morgan fingerprint density at radius 2 is 2.24 bits per heavy atom. The second kappa shape index (κ2) is 6.92. The van der Waals surface area contributed by atoms with E-state index in [-0.39, 0.29) is 12.5 Å². The van der Waals surface area contributed by atoms with Gasteiger partial charge in [-0.15, -0.1) is 0 Å². The molecule has 0 saturated carbocycles. The zero-order valence-corrected chi connectivity index (χ0v) is 12.3. The Labute approximate surface area is 124 Å². The Bertz CT molecular complexity index is 628. The van der Waals surface area contributed by atoms with Crippen LogP contribution in [0, 0.1) is 0 Å². The topological polar surface area (TPSA) is 71.5 Å². The van der Waals surface area contributed by atoms with Crippen molar-refractivity contribution in [3.05, 3.63) is 30.5 Å². The number of fused-ring (bicyclic) bond motifs is 1.